The van der Waals surface area contributed by atoms with E-state index >= 15 is 0 Å². The molecule has 1 aromatic carbocycles. The maximum atomic E-state index is 8.31. The van der Waals surface area contributed by atoms with Gasteiger partial charge in [0.25, 0.3) is 0 Å². The fourth-order valence-corrected chi connectivity index (χ4v) is 1.41. The Balaban J connectivity index is 2.45. The van der Waals surface area contributed by atoms with E-state index < -0.39 is 0 Å². The van der Waals surface area contributed by atoms with E-state index in [2.05, 4.69) is 35.8 Å². The number of rotatable bonds is 4. The van der Waals surface area contributed by atoms with E-state index in [1.807, 2.05) is 6.07 Å². The maximum Gasteiger partial charge on any atom is 0.0843 e. The Morgan fingerprint density at radius 2 is 2.08 bits per heavy atom. The summed E-state index contributed by atoms with van der Waals surface area (Å²) >= 11 is 1.73. The van der Waals surface area contributed by atoms with Crippen LogP contribution in [0.4, 0.5) is 0 Å². The van der Waals surface area contributed by atoms with Crippen LogP contribution >= 0.6 is 11.8 Å². The molecule has 1 N–H and O–H groups in total. The van der Waals surface area contributed by atoms with Crippen molar-refractivity contribution in [3.63, 3.8) is 0 Å². The zero-order chi connectivity index (χ0) is 9.52. The van der Waals surface area contributed by atoms with Gasteiger partial charge in [-0.05, 0) is 24.0 Å². The summed E-state index contributed by atoms with van der Waals surface area (Å²) in [6.07, 6.45) is 2.06. The summed E-state index contributed by atoms with van der Waals surface area (Å²) < 4.78 is 0. The highest BCUT2D eigenvalue weighted by atomic mass is 32.2. The van der Waals surface area contributed by atoms with Gasteiger partial charge in [-0.1, -0.05) is 12.1 Å². The summed E-state index contributed by atoms with van der Waals surface area (Å²) in [6, 6.07) is 10.4. The van der Waals surface area contributed by atoms with Crippen molar-refractivity contribution < 1.29 is 0 Å². The van der Waals surface area contributed by atoms with Gasteiger partial charge >= 0.3 is 0 Å². The molecule has 68 valence electrons. The lowest BCUT2D eigenvalue weighted by atomic mass is 10.2. The van der Waals surface area contributed by atoms with Crippen molar-refractivity contribution in [2.24, 2.45) is 0 Å². The lowest BCUT2D eigenvalue weighted by Gasteiger charge is -2.01. The van der Waals surface area contributed by atoms with E-state index in [4.69, 9.17) is 5.26 Å². The quantitative estimate of drug-likeness (QED) is 0.450. The van der Waals surface area contributed by atoms with E-state index in [1.165, 1.54) is 10.5 Å². The highest BCUT2D eigenvalue weighted by Crippen LogP contribution is 2.14. The highest BCUT2D eigenvalue weighted by molar-refractivity contribution is 7.98. The van der Waals surface area contributed by atoms with Crippen molar-refractivity contribution in [2.45, 2.75) is 11.4 Å². The van der Waals surface area contributed by atoms with E-state index in [0.29, 0.717) is 6.54 Å². The van der Waals surface area contributed by atoms with Crippen LogP contribution in [-0.4, -0.2) is 12.8 Å². The summed E-state index contributed by atoms with van der Waals surface area (Å²) in [5.74, 6) is 0. The second-order valence-electron chi connectivity index (χ2n) is 2.61. The third kappa shape index (κ3) is 3.49. The zero-order valence-electron chi connectivity index (χ0n) is 7.58. The van der Waals surface area contributed by atoms with Crippen LogP contribution in [0.3, 0.4) is 0 Å². The second-order valence-corrected chi connectivity index (χ2v) is 3.49. The molecule has 1 rings (SSSR count). The van der Waals surface area contributed by atoms with Crippen molar-refractivity contribution in [3.05, 3.63) is 29.8 Å². The number of nitrogens with one attached hydrogen (secondary N) is 1. The topological polar surface area (TPSA) is 35.8 Å². The second kappa shape index (κ2) is 5.63. The average molecular weight is 192 g/mol. The molecule has 0 unspecified atom stereocenters. The molecule has 0 heterocycles. The van der Waals surface area contributed by atoms with Gasteiger partial charge in [-0.25, -0.2) is 0 Å². The summed E-state index contributed by atoms with van der Waals surface area (Å²) in [6.45, 7) is 1.17. The molecule has 3 heteroatoms. The molecule has 0 aromatic heterocycles. The molecule has 0 atom stereocenters. The van der Waals surface area contributed by atoms with Crippen molar-refractivity contribution >= 4 is 11.8 Å². The van der Waals surface area contributed by atoms with E-state index in [-0.39, 0.29) is 0 Å². The van der Waals surface area contributed by atoms with Crippen LogP contribution in [0.5, 0.6) is 0 Å². The highest BCUT2D eigenvalue weighted by Gasteiger charge is 1.92. The van der Waals surface area contributed by atoms with Gasteiger partial charge in [0.15, 0.2) is 0 Å². The lowest BCUT2D eigenvalue weighted by molar-refractivity contribution is 0.765. The zero-order valence-corrected chi connectivity index (χ0v) is 8.40. The Labute approximate surface area is 83.0 Å². The standard InChI is InChI=1S/C10H12N2S/c1-13-10-4-2-9(3-5-10)8-12-7-6-11/h2-5,12H,7-8H2,1H3. The molecule has 0 aliphatic rings. The number of benzene rings is 1. The molecular weight excluding hydrogens is 180 g/mol. The maximum absolute atomic E-state index is 8.31. The van der Waals surface area contributed by atoms with Crippen LogP contribution in [0.1, 0.15) is 5.56 Å². The third-order valence-corrected chi connectivity index (χ3v) is 2.44. The van der Waals surface area contributed by atoms with Crippen molar-refractivity contribution in [1.82, 2.24) is 5.32 Å². The minimum absolute atomic E-state index is 0.407. The molecule has 0 saturated heterocycles. The fraction of sp³-hybridized carbons (Fsp3) is 0.300. The molecule has 0 bridgehead atoms. The van der Waals surface area contributed by atoms with Gasteiger partial charge in [-0.2, -0.15) is 5.26 Å². The number of hydrogen-bond acceptors (Lipinski definition) is 3. The number of nitrogens with zero attached hydrogens (tertiary/aromatic N) is 1. The van der Waals surface area contributed by atoms with Gasteiger partial charge in [0.2, 0.25) is 0 Å². The third-order valence-electron chi connectivity index (χ3n) is 1.69. The molecule has 0 aliphatic carbocycles. The largest absolute Gasteiger partial charge is 0.300 e. The Kier molecular flexibility index (Phi) is 4.37. The predicted molar refractivity (Wildman–Crippen MR) is 55.5 cm³/mol. The summed E-state index contributed by atoms with van der Waals surface area (Å²) in [7, 11) is 0. The smallest absolute Gasteiger partial charge is 0.0843 e. The fourth-order valence-electron chi connectivity index (χ4n) is 1.01. The average Bonchev–Trinajstić information content (AvgIpc) is 2.19. The van der Waals surface area contributed by atoms with Gasteiger partial charge < -0.3 is 5.32 Å². The molecule has 0 fully saturated rings. The van der Waals surface area contributed by atoms with Crippen molar-refractivity contribution in [1.29, 1.82) is 5.26 Å². The first-order valence-electron chi connectivity index (χ1n) is 4.07. The van der Waals surface area contributed by atoms with E-state index in [9.17, 15) is 0 Å². The summed E-state index contributed by atoms with van der Waals surface area (Å²) in [4.78, 5) is 1.27. The number of hydrogen-bond donors (Lipinski definition) is 1. The van der Waals surface area contributed by atoms with Gasteiger partial charge in [-0.3, -0.25) is 0 Å². The first-order chi connectivity index (χ1) is 6.36. The number of thioether (sulfide) groups is 1. The minimum Gasteiger partial charge on any atom is -0.300 e. The lowest BCUT2D eigenvalue weighted by Crippen LogP contribution is -2.12. The monoisotopic (exact) mass is 192 g/mol. The van der Waals surface area contributed by atoms with Crippen molar-refractivity contribution in [3.8, 4) is 6.07 Å². The van der Waals surface area contributed by atoms with E-state index in [0.717, 1.165) is 6.54 Å². The first kappa shape index (κ1) is 10.1. The van der Waals surface area contributed by atoms with E-state index in [1.54, 1.807) is 11.8 Å². The Morgan fingerprint density at radius 1 is 1.38 bits per heavy atom. The molecule has 1 aromatic rings. The molecule has 0 aliphatic heterocycles. The van der Waals surface area contributed by atoms with Crippen LogP contribution in [0.15, 0.2) is 29.2 Å². The Bertz CT molecular complexity index is 287. The van der Waals surface area contributed by atoms with Gasteiger partial charge in [0, 0.05) is 11.4 Å². The number of nitriles is 1. The Hall–Kier alpha value is -0.980. The van der Waals surface area contributed by atoms with Crippen LogP contribution < -0.4 is 5.32 Å². The van der Waals surface area contributed by atoms with Gasteiger partial charge in [-0.15, -0.1) is 11.8 Å². The normalized spacial score (nSPS) is 9.54. The van der Waals surface area contributed by atoms with Crippen LogP contribution in [0.25, 0.3) is 0 Å². The van der Waals surface area contributed by atoms with Gasteiger partial charge in [0.05, 0.1) is 12.6 Å². The molecule has 2 nitrogen and oxygen atoms in total. The molecule has 0 spiro atoms. The first-order valence-corrected chi connectivity index (χ1v) is 5.30. The van der Waals surface area contributed by atoms with Gasteiger partial charge in [0.1, 0.15) is 0 Å². The van der Waals surface area contributed by atoms with Crippen LogP contribution in [-0.2, 0) is 6.54 Å². The molecule has 0 amide bonds. The Morgan fingerprint density at radius 3 is 2.62 bits per heavy atom. The molecule has 0 radical (unpaired) electrons. The minimum atomic E-state index is 0.407. The summed E-state index contributed by atoms with van der Waals surface area (Å²) in [5.41, 5.74) is 1.22. The van der Waals surface area contributed by atoms with Crippen LogP contribution in [0.2, 0.25) is 0 Å². The van der Waals surface area contributed by atoms with Crippen LogP contribution in [0, 0.1) is 11.3 Å². The molecule has 13 heavy (non-hydrogen) atoms. The summed E-state index contributed by atoms with van der Waals surface area (Å²) in [5, 5.41) is 11.3. The SMILES string of the molecule is CSc1ccc(CNCC#N)cc1. The predicted octanol–water partition coefficient (Wildman–Crippen LogP) is 2.02. The van der Waals surface area contributed by atoms with Crippen molar-refractivity contribution in [2.75, 3.05) is 12.8 Å². The molecular formula is C10H12N2S. The molecule has 0 saturated carbocycles.